The topological polar surface area (TPSA) is 55.8 Å². The molecule has 0 saturated carbocycles. The molecule has 0 fully saturated rings. The fraction of sp³-hybridized carbons (Fsp3) is 0.850. The van der Waals surface area contributed by atoms with Crippen LogP contribution in [0.25, 0.3) is 0 Å². The second-order valence-corrected chi connectivity index (χ2v) is 6.24. The SMILES string of the molecule is CCCCCCCCC#CCCCC[C@H](CCC(=O)O)OCOC. The Labute approximate surface area is 148 Å². The summed E-state index contributed by atoms with van der Waals surface area (Å²) in [5.41, 5.74) is 0. The highest BCUT2D eigenvalue weighted by Gasteiger charge is 2.11. The molecule has 0 unspecified atom stereocenters. The van der Waals surface area contributed by atoms with Gasteiger partial charge in [0.1, 0.15) is 6.79 Å². The van der Waals surface area contributed by atoms with Crippen LogP contribution in [0.3, 0.4) is 0 Å². The van der Waals surface area contributed by atoms with Crippen LogP contribution in [0.15, 0.2) is 0 Å². The zero-order valence-electron chi connectivity index (χ0n) is 15.6. The number of methoxy groups -OCH3 is 1. The Kier molecular flexibility index (Phi) is 17.5. The standard InChI is InChI=1S/C20H36O4/c1-3-4-5-6-7-8-9-10-11-12-13-14-15-19(24-18-23-2)16-17-20(21)22/h19H,3-9,12-18H2,1-2H3,(H,21,22)/t19-/m1/s1. The van der Waals surface area contributed by atoms with E-state index >= 15 is 0 Å². The molecule has 0 amide bonds. The normalized spacial score (nSPS) is 11.8. The minimum absolute atomic E-state index is 0.0304. The Bertz CT molecular complexity index is 343. The summed E-state index contributed by atoms with van der Waals surface area (Å²) in [6, 6.07) is 0. The quantitative estimate of drug-likeness (QED) is 0.240. The summed E-state index contributed by atoms with van der Waals surface area (Å²) < 4.78 is 10.4. The van der Waals surface area contributed by atoms with Gasteiger partial charge in [0.15, 0.2) is 0 Å². The molecule has 140 valence electrons. The highest BCUT2D eigenvalue weighted by Crippen LogP contribution is 2.12. The average Bonchev–Trinajstić information content (AvgIpc) is 2.57. The number of carboxylic acids is 1. The molecule has 0 radical (unpaired) electrons. The van der Waals surface area contributed by atoms with E-state index in [9.17, 15) is 4.79 Å². The summed E-state index contributed by atoms with van der Waals surface area (Å²) in [6.07, 6.45) is 13.4. The lowest BCUT2D eigenvalue weighted by Gasteiger charge is -2.16. The van der Waals surface area contributed by atoms with Crippen LogP contribution in [0.5, 0.6) is 0 Å². The summed E-state index contributed by atoms with van der Waals surface area (Å²) in [4.78, 5) is 10.6. The largest absolute Gasteiger partial charge is 0.481 e. The summed E-state index contributed by atoms with van der Waals surface area (Å²) in [6.45, 7) is 2.46. The first-order chi connectivity index (χ1) is 11.7. The van der Waals surface area contributed by atoms with Crippen molar-refractivity contribution < 1.29 is 19.4 Å². The number of ether oxygens (including phenoxy) is 2. The number of aliphatic carboxylic acids is 1. The van der Waals surface area contributed by atoms with Crippen LogP contribution in [0.1, 0.15) is 90.4 Å². The zero-order chi connectivity index (χ0) is 17.9. The molecule has 0 aromatic rings. The molecular weight excluding hydrogens is 304 g/mol. The maximum absolute atomic E-state index is 10.6. The van der Waals surface area contributed by atoms with Crippen molar-refractivity contribution in [3.05, 3.63) is 0 Å². The lowest BCUT2D eigenvalue weighted by Crippen LogP contribution is -2.16. The minimum Gasteiger partial charge on any atom is -0.481 e. The molecule has 0 aliphatic rings. The molecule has 4 nitrogen and oxygen atoms in total. The molecule has 0 aromatic carbocycles. The van der Waals surface area contributed by atoms with Crippen LogP contribution in [-0.2, 0) is 14.3 Å². The van der Waals surface area contributed by atoms with Crippen LogP contribution in [0.4, 0.5) is 0 Å². The van der Waals surface area contributed by atoms with Gasteiger partial charge in [-0.15, -0.1) is 11.8 Å². The van der Waals surface area contributed by atoms with Gasteiger partial charge in [0.2, 0.25) is 0 Å². The number of carboxylic acid groups (broad SMARTS) is 1. The molecule has 0 rings (SSSR count). The second kappa shape index (κ2) is 18.3. The van der Waals surface area contributed by atoms with Gasteiger partial charge in [0.25, 0.3) is 0 Å². The van der Waals surface area contributed by atoms with Crippen molar-refractivity contribution in [3.8, 4) is 11.8 Å². The van der Waals surface area contributed by atoms with E-state index in [1.165, 1.54) is 38.5 Å². The van der Waals surface area contributed by atoms with Gasteiger partial charge in [-0.2, -0.15) is 0 Å². The third-order valence-corrected chi connectivity index (χ3v) is 3.96. The van der Waals surface area contributed by atoms with Gasteiger partial charge in [0.05, 0.1) is 6.10 Å². The van der Waals surface area contributed by atoms with E-state index in [2.05, 4.69) is 18.8 Å². The average molecular weight is 341 g/mol. The molecular formula is C20H36O4. The van der Waals surface area contributed by atoms with Gasteiger partial charge in [-0.05, 0) is 32.1 Å². The summed E-state index contributed by atoms with van der Waals surface area (Å²) >= 11 is 0. The van der Waals surface area contributed by atoms with Crippen LogP contribution in [0.2, 0.25) is 0 Å². The number of hydrogen-bond acceptors (Lipinski definition) is 3. The van der Waals surface area contributed by atoms with Gasteiger partial charge < -0.3 is 14.6 Å². The van der Waals surface area contributed by atoms with Gasteiger partial charge in [-0.3, -0.25) is 4.79 Å². The van der Waals surface area contributed by atoms with E-state index < -0.39 is 5.97 Å². The molecule has 1 N–H and O–H groups in total. The number of carbonyl (C=O) groups is 1. The Balaban J connectivity index is 3.59. The summed E-state index contributed by atoms with van der Waals surface area (Å²) in [5, 5.41) is 8.76. The first-order valence-corrected chi connectivity index (χ1v) is 9.48. The number of unbranched alkanes of at least 4 members (excludes halogenated alkanes) is 8. The van der Waals surface area contributed by atoms with Crippen molar-refractivity contribution in [2.45, 2.75) is 96.5 Å². The van der Waals surface area contributed by atoms with E-state index in [0.717, 1.165) is 32.1 Å². The van der Waals surface area contributed by atoms with Crippen LogP contribution in [-0.4, -0.2) is 31.1 Å². The molecule has 0 heterocycles. The summed E-state index contributed by atoms with van der Waals surface area (Å²) in [5.74, 6) is 5.73. The van der Waals surface area contributed by atoms with Crippen molar-refractivity contribution in [1.29, 1.82) is 0 Å². The Hall–Kier alpha value is -1.05. The van der Waals surface area contributed by atoms with E-state index in [-0.39, 0.29) is 19.3 Å². The maximum atomic E-state index is 10.6. The van der Waals surface area contributed by atoms with Crippen LogP contribution < -0.4 is 0 Å². The molecule has 0 saturated heterocycles. The molecule has 0 aromatic heterocycles. The van der Waals surface area contributed by atoms with Gasteiger partial charge in [-0.25, -0.2) is 0 Å². The first kappa shape index (κ1) is 22.9. The molecule has 0 spiro atoms. The smallest absolute Gasteiger partial charge is 0.303 e. The van der Waals surface area contributed by atoms with Crippen molar-refractivity contribution in [2.75, 3.05) is 13.9 Å². The van der Waals surface area contributed by atoms with Crippen LogP contribution in [0, 0.1) is 11.8 Å². The van der Waals surface area contributed by atoms with Crippen molar-refractivity contribution in [1.82, 2.24) is 0 Å². The maximum Gasteiger partial charge on any atom is 0.303 e. The molecule has 0 aliphatic carbocycles. The lowest BCUT2D eigenvalue weighted by molar-refractivity contribution is -0.138. The molecule has 1 atom stereocenters. The minimum atomic E-state index is -0.776. The van der Waals surface area contributed by atoms with Crippen molar-refractivity contribution >= 4 is 5.97 Å². The van der Waals surface area contributed by atoms with E-state index in [4.69, 9.17) is 14.6 Å². The highest BCUT2D eigenvalue weighted by molar-refractivity contribution is 5.66. The molecule has 0 aliphatic heterocycles. The van der Waals surface area contributed by atoms with Gasteiger partial charge >= 0.3 is 5.97 Å². The lowest BCUT2D eigenvalue weighted by atomic mass is 10.1. The molecule has 0 bridgehead atoms. The fourth-order valence-electron chi connectivity index (χ4n) is 2.52. The second-order valence-electron chi connectivity index (χ2n) is 6.24. The monoisotopic (exact) mass is 340 g/mol. The van der Waals surface area contributed by atoms with Gasteiger partial charge in [-0.1, -0.05) is 39.0 Å². The number of hydrogen-bond donors (Lipinski definition) is 1. The fourth-order valence-corrected chi connectivity index (χ4v) is 2.52. The van der Waals surface area contributed by atoms with E-state index in [1.54, 1.807) is 7.11 Å². The van der Waals surface area contributed by atoms with E-state index in [0.29, 0.717) is 6.42 Å². The van der Waals surface area contributed by atoms with E-state index in [1.807, 2.05) is 0 Å². The zero-order valence-corrected chi connectivity index (χ0v) is 15.6. The Morgan fingerprint density at radius 2 is 1.58 bits per heavy atom. The predicted molar refractivity (Wildman–Crippen MR) is 97.9 cm³/mol. The third kappa shape index (κ3) is 17.3. The summed E-state index contributed by atoms with van der Waals surface area (Å²) in [7, 11) is 1.58. The van der Waals surface area contributed by atoms with Gasteiger partial charge in [0, 0.05) is 26.4 Å². The molecule has 24 heavy (non-hydrogen) atoms. The highest BCUT2D eigenvalue weighted by atomic mass is 16.7. The third-order valence-electron chi connectivity index (χ3n) is 3.96. The van der Waals surface area contributed by atoms with Crippen molar-refractivity contribution in [2.24, 2.45) is 0 Å². The Morgan fingerprint density at radius 3 is 2.21 bits per heavy atom. The number of rotatable bonds is 16. The van der Waals surface area contributed by atoms with Crippen molar-refractivity contribution in [3.63, 3.8) is 0 Å². The predicted octanol–water partition coefficient (Wildman–Crippen LogP) is 5.15. The molecule has 4 heteroatoms. The van der Waals surface area contributed by atoms with Crippen LogP contribution >= 0.6 is 0 Å². The first-order valence-electron chi connectivity index (χ1n) is 9.48. The Morgan fingerprint density at radius 1 is 0.958 bits per heavy atom.